The fourth-order valence-corrected chi connectivity index (χ4v) is 5.29. The third-order valence-electron chi connectivity index (χ3n) is 7.70. The molecule has 11 heteroatoms. The standard InChI is InChI=1S/C30H37FN4O6/c1-3-18(2)26(34-25(37)17-41-14-13-31)29(39)33-23-12-9-20-5-4-6-21-15-24(35(27(20)21)30(23)40)28(38)32-16-19-7-10-22(36)11-8-19/h4-8,10-11,18,23-24,26,36H,3,9,12-17H2,1-2H3,(H,32,38)(H,33,39)(H,34,37)/t18-,23+,24+,26+/m1/s1. The molecule has 2 aliphatic rings. The van der Waals surface area contributed by atoms with Gasteiger partial charge in [-0.1, -0.05) is 50.6 Å². The number of rotatable bonds is 12. The van der Waals surface area contributed by atoms with Crippen molar-refractivity contribution in [1.82, 2.24) is 16.0 Å². The smallest absolute Gasteiger partial charge is 0.250 e. The molecule has 0 fully saturated rings. The zero-order chi connectivity index (χ0) is 29.5. The quantitative estimate of drug-likeness (QED) is 0.289. The number of nitrogens with one attached hydrogen (secondary N) is 3. The number of carbonyl (C=O) groups is 4. The molecule has 0 saturated carbocycles. The molecule has 0 unspecified atom stereocenters. The minimum absolute atomic E-state index is 0.127. The number of carbonyl (C=O) groups excluding carboxylic acids is 4. The van der Waals surface area contributed by atoms with E-state index in [0.717, 1.165) is 22.4 Å². The number of aromatic hydroxyl groups is 1. The number of aryl methyl sites for hydroxylation is 1. The highest BCUT2D eigenvalue weighted by molar-refractivity contribution is 6.08. The van der Waals surface area contributed by atoms with E-state index in [4.69, 9.17) is 4.74 Å². The van der Waals surface area contributed by atoms with Crippen LogP contribution in [0.3, 0.4) is 0 Å². The summed E-state index contributed by atoms with van der Waals surface area (Å²) in [7, 11) is 0. The maximum atomic E-state index is 14.0. The van der Waals surface area contributed by atoms with Gasteiger partial charge in [0.05, 0.1) is 12.3 Å². The Balaban J connectivity index is 1.50. The second-order valence-corrected chi connectivity index (χ2v) is 10.5. The van der Waals surface area contributed by atoms with E-state index < -0.39 is 36.6 Å². The second kappa shape index (κ2) is 13.6. The molecule has 0 bridgehead atoms. The molecule has 0 spiro atoms. The number of phenols is 1. The Bertz CT molecular complexity index is 1270. The van der Waals surface area contributed by atoms with Crippen LogP contribution in [0.4, 0.5) is 10.1 Å². The van der Waals surface area contributed by atoms with E-state index in [9.17, 15) is 28.7 Å². The van der Waals surface area contributed by atoms with Crippen molar-refractivity contribution in [3.05, 3.63) is 59.2 Å². The zero-order valence-electron chi connectivity index (χ0n) is 23.3. The summed E-state index contributed by atoms with van der Waals surface area (Å²) in [4.78, 5) is 54.6. The van der Waals surface area contributed by atoms with Crippen LogP contribution in [0.5, 0.6) is 5.75 Å². The fourth-order valence-electron chi connectivity index (χ4n) is 5.29. The fraction of sp³-hybridized carbons (Fsp3) is 0.467. The largest absolute Gasteiger partial charge is 0.508 e. The lowest BCUT2D eigenvalue weighted by atomic mass is 9.97. The van der Waals surface area contributed by atoms with Crippen molar-refractivity contribution in [2.45, 2.75) is 64.2 Å². The number of amides is 4. The summed E-state index contributed by atoms with van der Waals surface area (Å²) in [6.07, 6.45) is 1.80. The van der Waals surface area contributed by atoms with Gasteiger partial charge in [-0.05, 0) is 47.6 Å². The first-order valence-electron chi connectivity index (χ1n) is 14.0. The summed E-state index contributed by atoms with van der Waals surface area (Å²) in [6, 6.07) is 9.63. The van der Waals surface area contributed by atoms with Crippen molar-refractivity contribution in [2.24, 2.45) is 5.92 Å². The number of hydrogen-bond donors (Lipinski definition) is 4. The number of ether oxygens (including phenoxy) is 1. The van der Waals surface area contributed by atoms with Crippen LogP contribution in [-0.2, 0) is 43.3 Å². The highest BCUT2D eigenvalue weighted by Crippen LogP contribution is 2.39. The zero-order valence-corrected chi connectivity index (χ0v) is 23.3. The average Bonchev–Trinajstić information content (AvgIpc) is 3.31. The van der Waals surface area contributed by atoms with Crippen LogP contribution >= 0.6 is 0 Å². The van der Waals surface area contributed by atoms with Gasteiger partial charge in [0.2, 0.25) is 23.6 Å². The topological polar surface area (TPSA) is 137 Å². The second-order valence-electron chi connectivity index (χ2n) is 10.5. The van der Waals surface area contributed by atoms with E-state index in [1.165, 1.54) is 17.0 Å². The molecule has 4 amide bonds. The maximum Gasteiger partial charge on any atom is 0.250 e. The third kappa shape index (κ3) is 7.02. The van der Waals surface area contributed by atoms with E-state index in [-0.39, 0.29) is 43.2 Å². The van der Waals surface area contributed by atoms with Gasteiger partial charge >= 0.3 is 0 Å². The molecule has 2 aromatic rings. The Labute approximate surface area is 238 Å². The lowest BCUT2D eigenvalue weighted by Gasteiger charge is -2.30. The van der Waals surface area contributed by atoms with Gasteiger partial charge in [-0.25, -0.2) is 4.39 Å². The lowest BCUT2D eigenvalue weighted by molar-refractivity contribution is -0.134. The molecule has 4 atom stereocenters. The van der Waals surface area contributed by atoms with Crippen LogP contribution in [0, 0.1) is 5.92 Å². The molecule has 2 aromatic carbocycles. The number of halogens is 1. The van der Waals surface area contributed by atoms with Gasteiger partial charge in [-0.2, -0.15) is 0 Å². The molecular formula is C30H37FN4O6. The number of nitrogens with zero attached hydrogens (tertiary/aromatic N) is 1. The summed E-state index contributed by atoms with van der Waals surface area (Å²) in [5, 5.41) is 17.9. The summed E-state index contributed by atoms with van der Waals surface area (Å²) < 4.78 is 17.3. The number of hydrogen-bond acceptors (Lipinski definition) is 6. The Morgan fingerprint density at radius 2 is 1.88 bits per heavy atom. The highest BCUT2D eigenvalue weighted by atomic mass is 19.1. The summed E-state index contributed by atoms with van der Waals surface area (Å²) in [5.74, 6) is -1.87. The summed E-state index contributed by atoms with van der Waals surface area (Å²) in [6.45, 7) is 2.62. The number of phenolic OH excluding ortho intramolecular Hbond substituents is 1. The first-order chi connectivity index (χ1) is 19.7. The Hall–Kier alpha value is -3.99. The molecule has 0 saturated heterocycles. The van der Waals surface area contributed by atoms with Crippen LogP contribution in [-0.4, -0.2) is 66.7 Å². The van der Waals surface area contributed by atoms with Gasteiger partial charge in [-0.3, -0.25) is 24.1 Å². The molecule has 41 heavy (non-hydrogen) atoms. The van der Waals surface area contributed by atoms with E-state index in [1.807, 2.05) is 32.0 Å². The number of anilines is 1. The number of para-hydroxylation sites is 1. The maximum absolute atomic E-state index is 14.0. The molecule has 0 aliphatic carbocycles. The normalized spacial score (nSPS) is 19.1. The minimum Gasteiger partial charge on any atom is -0.508 e. The van der Waals surface area contributed by atoms with Gasteiger partial charge in [0.25, 0.3) is 0 Å². The molecule has 220 valence electrons. The van der Waals surface area contributed by atoms with E-state index >= 15 is 0 Å². The molecule has 0 radical (unpaired) electrons. The summed E-state index contributed by atoms with van der Waals surface area (Å²) >= 11 is 0. The molecule has 4 rings (SSSR count). The first kappa shape index (κ1) is 30.0. The van der Waals surface area contributed by atoms with Gasteiger partial charge < -0.3 is 25.8 Å². The van der Waals surface area contributed by atoms with Crippen molar-refractivity contribution in [1.29, 1.82) is 0 Å². The molecule has 2 heterocycles. The number of alkyl halides is 1. The van der Waals surface area contributed by atoms with Gasteiger partial charge in [0.1, 0.15) is 37.2 Å². The highest BCUT2D eigenvalue weighted by Gasteiger charge is 2.44. The van der Waals surface area contributed by atoms with Crippen molar-refractivity contribution in [3.8, 4) is 5.75 Å². The van der Waals surface area contributed by atoms with Crippen LogP contribution in [0.25, 0.3) is 0 Å². The predicted molar refractivity (Wildman–Crippen MR) is 150 cm³/mol. The lowest BCUT2D eigenvalue weighted by Crippen LogP contribution is -2.58. The third-order valence-corrected chi connectivity index (χ3v) is 7.70. The van der Waals surface area contributed by atoms with Gasteiger partial charge in [-0.15, -0.1) is 0 Å². The SMILES string of the molecule is CC[C@@H](C)[C@H](NC(=O)COCCF)C(=O)N[C@H]1CCc2cccc3c2N(C1=O)[C@H](C(=O)NCc1ccc(O)cc1)C3. The number of benzene rings is 2. The van der Waals surface area contributed by atoms with Crippen LogP contribution in [0.15, 0.2) is 42.5 Å². The predicted octanol–water partition coefficient (Wildman–Crippen LogP) is 1.91. The molecular weight excluding hydrogens is 531 g/mol. The first-order valence-corrected chi connectivity index (χ1v) is 14.0. The van der Waals surface area contributed by atoms with E-state index in [1.54, 1.807) is 12.1 Å². The monoisotopic (exact) mass is 568 g/mol. The molecule has 0 aromatic heterocycles. The molecule has 4 N–H and O–H groups in total. The summed E-state index contributed by atoms with van der Waals surface area (Å²) in [5.41, 5.74) is 3.34. The van der Waals surface area contributed by atoms with Crippen LogP contribution < -0.4 is 20.9 Å². The minimum atomic E-state index is -0.918. The van der Waals surface area contributed by atoms with Gasteiger partial charge in [0.15, 0.2) is 0 Å². The van der Waals surface area contributed by atoms with Crippen LogP contribution in [0.2, 0.25) is 0 Å². The van der Waals surface area contributed by atoms with E-state index in [0.29, 0.717) is 25.7 Å². The van der Waals surface area contributed by atoms with Crippen molar-refractivity contribution in [3.63, 3.8) is 0 Å². The van der Waals surface area contributed by atoms with Crippen molar-refractivity contribution >= 4 is 29.3 Å². The Kier molecular flexibility index (Phi) is 9.93. The van der Waals surface area contributed by atoms with Gasteiger partial charge in [0, 0.05) is 13.0 Å². The van der Waals surface area contributed by atoms with Crippen molar-refractivity contribution in [2.75, 3.05) is 24.8 Å². The molecule has 10 nitrogen and oxygen atoms in total. The Morgan fingerprint density at radius 3 is 2.59 bits per heavy atom. The average molecular weight is 569 g/mol. The Morgan fingerprint density at radius 1 is 1.15 bits per heavy atom. The van der Waals surface area contributed by atoms with E-state index in [2.05, 4.69) is 16.0 Å². The molecule has 2 aliphatic heterocycles. The van der Waals surface area contributed by atoms with Crippen LogP contribution in [0.1, 0.15) is 43.4 Å². The van der Waals surface area contributed by atoms with Crippen molar-refractivity contribution < 1.29 is 33.4 Å².